The van der Waals surface area contributed by atoms with Gasteiger partial charge in [-0.3, -0.25) is 0 Å². The number of hydrogen-bond donors (Lipinski definition) is 6. The molecule has 8 rings (SSSR count). The van der Waals surface area contributed by atoms with Crippen molar-refractivity contribution in [3.05, 3.63) is 139 Å². The maximum Gasteiger partial charge on any atom is 1.00 e. The molecule has 0 saturated carbocycles. The number of phenolic OH excluding ortho intramolecular Hbond substituents is 2. The summed E-state index contributed by atoms with van der Waals surface area (Å²) < 4.78 is 185. The average molecular weight is 1400 g/mol. The van der Waals surface area contributed by atoms with Crippen molar-refractivity contribution >= 4 is 164 Å². The van der Waals surface area contributed by atoms with Gasteiger partial charge in [-0.2, -0.15) is 60.5 Å². The molecule has 0 bridgehead atoms. The number of fused-ring (bicyclic) bond motifs is 2. The van der Waals surface area contributed by atoms with Gasteiger partial charge >= 0.3 is 209 Å². The van der Waals surface area contributed by atoms with E-state index in [2.05, 4.69) is 59.1 Å². The molecule has 10 N–H and O–H groups in total. The Bertz CT molecular complexity index is 4750. The Kier molecular flexibility index (Phi) is 38.6. The normalized spacial score (nSPS) is 11.0. The summed E-state index contributed by atoms with van der Waals surface area (Å²) in [5, 5.41) is 54.7. The van der Waals surface area contributed by atoms with Gasteiger partial charge in [0.2, 0.25) is 0 Å². The van der Waals surface area contributed by atoms with Crippen LogP contribution in [0.25, 0.3) is 33.7 Å². The first kappa shape index (κ1) is 87.9. The number of nitrogens with two attached hydrogens (primary N) is 4. The van der Waals surface area contributed by atoms with Crippen molar-refractivity contribution < 1.29 is 264 Å². The van der Waals surface area contributed by atoms with Gasteiger partial charge in [-0.05, 0) is 71.9 Å². The molecular formula is C46H30N12Na6O20S6. The van der Waals surface area contributed by atoms with Crippen molar-refractivity contribution in [3.8, 4) is 11.5 Å². The standard InChI is InChI=1S/C46H33N12O11S3.6Na.3O3S/c47-26-2-1-3-28(20-26)52-57-38-16-13-31-36(17-14-33(48)42(31)45(38)59)55-53-30-11-8-25(40(22-30)71(64,65)66)7-4-24-5-9-27(10-6-24)51-56-37-18-15-34(49)43-32(37)23-41(72(67,68)69)44(46(43)60)58-54-29-12-19-39(35(50)21-29)70(61,62)63;;;;;;;3*1-4(2)3/h1,3-5,7-15,17-23,59-60H,47-50H2,(H,61,62,63)(H,64,65,66)(H,67,68,69);;;;;;;;;/q-3;6*+1;;;/p-3/b7-4+,55-53?,56-51?,57-52?,58-54?;;;;;;;;;. The molecule has 0 aliphatic heterocycles. The third-order valence-electron chi connectivity index (χ3n) is 10.2. The summed E-state index contributed by atoms with van der Waals surface area (Å²) in [6, 6.07) is 32.3. The molecular weight excluding hydrogens is 1370 g/mol. The number of benzene rings is 8. The monoisotopic (exact) mass is 1400 g/mol. The van der Waals surface area contributed by atoms with Gasteiger partial charge in [0.25, 0.3) is 0 Å². The minimum Gasteiger partial charge on any atom is -0.744 e. The van der Waals surface area contributed by atoms with Crippen LogP contribution in [0, 0.1) is 18.2 Å². The maximum absolute atomic E-state index is 12.4. The zero-order valence-corrected chi connectivity index (χ0v) is 64.0. The Labute approximate surface area is 647 Å². The molecule has 90 heavy (non-hydrogen) atoms. The predicted octanol–water partition coefficient (Wildman–Crippen LogP) is -11.3. The maximum atomic E-state index is 12.4. The second kappa shape index (κ2) is 39.5. The number of azo groups is 4. The summed E-state index contributed by atoms with van der Waals surface area (Å²) in [6.07, 6.45) is 2.83. The summed E-state index contributed by atoms with van der Waals surface area (Å²) in [4.78, 5) is -2.38. The number of aromatic hydroxyl groups is 2. The van der Waals surface area contributed by atoms with Crippen molar-refractivity contribution in [3.63, 3.8) is 0 Å². The second-order valence-electron chi connectivity index (χ2n) is 15.7. The Morgan fingerprint density at radius 3 is 1.40 bits per heavy atom. The third-order valence-corrected chi connectivity index (χ3v) is 12.9. The van der Waals surface area contributed by atoms with Gasteiger partial charge in [-0.1, -0.05) is 28.6 Å². The van der Waals surface area contributed by atoms with Crippen LogP contribution in [-0.2, 0) is 62.2 Å². The van der Waals surface area contributed by atoms with Crippen LogP contribution in [0.3, 0.4) is 0 Å². The number of phenols is 2. The summed E-state index contributed by atoms with van der Waals surface area (Å²) in [5.41, 5.74) is 23.9. The quantitative estimate of drug-likeness (QED) is 0.0156. The largest absolute Gasteiger partial charge is 1.00 e. The van der Waals surface area contributed by atoms with Gasteiger partial charge < -0.3 is 46.8 Å². The number of rotatable bonds is 13. The van der Waals surface area contributed by atoms with Crippen molar-refractivity contribution in [1.82, 2.24) is 0 Å². The Balaban J connectivity index is 0. The molecule has 0 spiro atoms. The molecule has 44 heteroatoms. The first-order chi connectivity index (χ1) is 39.2. The minimum atomic E-state index is -5.37. The van der Waals surface area contributed by atoms with E-state index in [1.165, 1.54) is 78.9 Å². The van der Waals surface area contributed by atoms with E-state index in [1.807, 2.05) is 0 Å². The molecule has 0 heterocycles. The van der Waals surface area contributed by atoms with Crippen LogP contribution in [0.15, 0.2) is 165 Å². The van der Waals surface area contributed by atoms with E-state index in [0.717, 1.165) is 30.3 Å². The van der Waals surface area contributed by atoms with E-state index in [4.69, 9.17) is 60.8 Å². The number of anilines is 4. The second-order valence-corrected chi connectivity index (χ2v) is 20.9. The zero-order valence-electron chi connectivity index (χ0n) is 47.1. The van der Waals surface area contributed by atoms with E-state index in [1.54, 1.807) is 12.1 Å². The molecule has 32 nitrogen and oxygen atoms in total. The van der Waals surface area contributed by atoms with Gasteiger partial charge in [0.1, 0.15) is 36.0 Å². The van der Waals surface area contributed by atoms with Crippen LogP contribution in [0.4, 0.5) is 68.2 Å². The van der Waals surface area contributed by atoms with Crippen molar-refractivity contribution in [1.29, 1.82) is 0 Å². The van der Waals surface area contributed by atoms with Crippen molar-refractivity contribution in [2.24, 2.45) is 40.9 Å². The van der Waals surface area contributed by atoms with Gasteiger partial charge in [0.05, 0.1) is 42.8 Å². The molecule has 8 aromatic rings. The van der Waals surface area contributed by atoms with Crippen molar-refractivity contribution in [2.45, 2.75) is 14.7 Å². The van der Waals surface area contributed by atoms with Gasteiger partial charge in [0.15, 0.2) is 5.75 Å². The molecule has 436 valence electrons. The molecule has 0 radical (unpaired) electrons. The fourth-order valence-electron chi connectivity index (χ4n) is 6.88. The Hall–Kier alpha value is -4.19. The zero-order chi connectivity index (χ0) is 62.4. The molecule has 0 unspecified atom stereocenters. The van der Waals surface area contributed by atoms with Crippen LogP contribution in [0.5, 0.6) is 11.5 Å². The fraction of sp³-hybridized carbons (Fsp3) is 0. The van der Waals surface area contributed by atoms with E-state index in [9.17, 15) is 49.1 Å². The van der Waals surface area contributed by atoms with Gasteiger partial charge in [-0.15, -0.1) is 85.5 Å². The molecule has 0 fully saturated rings. The molecule has 8 aromatic carbocycles. The molecule has 0 aliphatic rings. The SMILES string of the molecule is Nc1[c-]ccc(N=Nc2[c-]cc3c(N=Nc4ccc(/C=C/c5[c-]cc(N=Nc6ccc(N)c7c(O)c(N=Nc8ccc(S(=O)(=O)[O-])c(N)c8)c(S(=O)(=O)[O-])cc67)cc5)c(S(=O)(=O)[O-])c4)ccc(N)c3c2O)c1.O=S(=O)=O.O=S(=O)=O.O=S(=O)=O.[Na+].[Na+].[Na+].[Na+].[Na+].[Na+]. The number of nitrogen functional groups attached to an aromatic ring is 4. The molecule has 0 atom stereocenters. The van der Waals surface area contributed by atoms with Crippen LogP contribution in [-0.4, -0.2) is 87.0 Å². The summed E-state index contributed by atoms with van der Waals surface area (Å²) in [7, 11) is -24.7. The van der Waals surface area contributed by atoms with E-state index < -0.39 is 94.0 Å². The molecule has 0 saturated heterocycles. The first-order valence-electron chi connectivity index (χ1n) is 21.6. The van der Waals surface area contributed by atoms with E-state index >= 15 is 0 Å². The third kappa shape index (κ3) is 26.3. The smallest absolute Gasteiger partial charge is 0.744 e. The predicted molar refractivity (Wildman–Crippen MR) is 290 cm³/mol. The van der Waals surface area contributed by atoms with Crippen LogP contribution in [0.1, 0.15) is 11.1 Å². The van der Waals surface area contributed by atoms with Gasteiger partial charge in [-0.25, -0.2) is 30.4 Å². The summed E-state index contributed by atoms with van der Waals surface area (Å²) in [6.45, 7) is 0. The van der Waals surface area contributed by atoms with Crippen molar-refractivity contribution in [2.75, 3.05) is 22.9 Å². The van der Waals surface area contributed by atoms with Crippen LogP contribution < -0.4 is 200 Å². The van der Waals surface area contributed by atoms with E-state index in [0.29, 0.717) is 22.3 Å². The van der Waals surface area contributed by atoms with Crippen LogP contribution >= 0.6 is 0 Å². The van der Waals surface area contributed by atoms with Crippen LogP contribution in [0.2, 0.25) is 0 Å². The van der Waals surface area contributed by atoms with E-state index in [-0.39, 0.29) is 250 Å². The summed E-state index contributed by atoms with van der Waals surface area (Å²) in [5.74, 6) is -1.21. The molecule has 0 amide bonds. The number of hydrogen-bond acceptors (Lipinski definition) is 32. The first-order valence-corrected chi connectivity index (χ1v) is 28.9. The average Bonchev–Trinajstić information content (AvgIpc) is 0.852. The van der Waals surface area contributed by atoms with Gasteiger partial charge in [0, 0.05) is 39.6 Å². The summed E-state index contributed by atoms with van der Waals surface area (Å²) >= 11 is 0. The minimum absolute atomic E-state index is 0. The number of nitrogens with zero attached hydrogens (tertiary/aromatic N) is 8. The fourth-order valence-corrected chi connectivity index (χ4v) is 8.79. The molecule has 0 aliphatic carbocycles. The topological polar surface area (TPSA) is 569 Å². The molecule has 0 aromatic heterocycles. The Morgan fingerprint density at radius 2 is 0.889 bits per heavy atom. The Morgan fingerprint density at radius 1 is 0.422 bits per heavy atom.